The molecule has 1 saturated carbocycles. The standard InChI is InChI=1S/C26H32Cl2O4S/c27-21-14-15-22(30)19(18(21)7-3-1-2-4-10-25(31)32)13-11-17(29)12-16-24-26(28)20-8-5-6-9-23(20)33-24/h1,3,5-6,8-9,11,13,17-19,21-22,29-30H,2,4,7,10,12,14-16H2,(H,31,32)/t17?,18-,19-,21-,22-/m1/s1. The summed E-state index contributed by atoms with van der Waals surface area (Å²) < 4.78 is 1.15. The zero-order chi connectivity index (χ0) is 23.8. The van der Waals surface area contributed by atoms with E-state index in [1.54, 1.807) is 17.4 Å². The van der Waals surface area contributed by atoms with Crippen molar-refractivity contribution in [3.05, 3.63) is 58.5 Å². The molecule has 0 saturated heterocycles. The van der Waals surface area contributed by atoms with Gasteiger partial charge in [-0.25, -0.2) is 0 Å². The topological polar surface area (TPSA) is 77.8 Å². The number of aryl methyl sites for hydroxylation is 1. The van der Waals surface area contributed by atoms with Crippen molar-refractivity contribution in [1.29, 1.82) is 0 Å². The molecule has 1 aliphatic carbocycles. The number of carboxylic acid groups (broad SMARTS) is 1. The number of hydrogen-bond acceptors (Lipinski definition) is 4. The van der Waals surface area contributed by atoms with Crippen LogP contribution in [-0.2, 0) is 11.2 Å². The van der Waals surface area contributed by atoms with Crippen molar-refractivity contribution >= 4 is 50.6 Å². The van der Waals surface area contributed by atoms with E-state index in [4.69, 9.17) is 28.3 Å². The van der Waals surface area contributed by atoms with Gasteiger partial charge in [0.2, 0.25) is 0 Å². The molecule has 1 heterocycles. The fourth-order valence-electron chi connectivity index (χ4n) is 4.44. The fraction of sp³-hybridized carbons (Fsp3) is 0.500. The van der Waals surface area contributed by atoms with Crippen LogP contribution in [-0.4, -0.2) is 38.9 Å². The molecule has 3 rings (SSSR count). The minimum atomic E-state index is -0.780. The summed E-state index contributed by atoms with van der Waals surface area (Å²) in [5.74, 6) is -0.822. The van der Waals surface area contributed by atoms with E-state index in [-0.39, 0.29) is 23.6 Å². The molecule has 3 N–H and O–H groups in total. The lowest BCUT2D eigenvalue weighted by molar-refractivity contribution is -0.137. The van der Waals surface area contributed by atoms with E-state index >= 15 is 0 Å². The fourth-order valence-corrected chi connectivity index (χ4v) is 6.38. The molecule has 33 heavy (non-hydrogen) atoms. The molecule has 0 radical (unpaired) electrons. The average molecular weight is 512 g/mol. The highest BCUT2D eigenvalue weighted by molar-refractivity contribution is 7.19. The molecule has 0 amide bonds. The highest BCUT2D eigenvalue weighted by Gasteiger charge is 2.35. The number of carboxylic acids is 1. The number of benzene rings is 1. The summed E-state index contributed by atoms with van der Waals surface area (Å²) in [5.41, 5.74) is 0. The number of hydrogen-bond donors (Lipinski definition) is 3. The van der Waals surface area contributed by atoms with Crippen LogP contribution in [0.15, 0.2) is 48.6 Å². The Hall–Kier alpha value is -1.37. The van der Waals surface area contributed by atoms with Gasteiger partial charge in [0.1, 0.15) is 0 Å². The minimum absolute atomic E-state index is 0.0405. The molecule has 1 aromatic carbocycles. The first-order valence-electron chi connectivity index (χ1n) is 11.6. The highest BCUT2D eigenvalue weighted by Crippen LogP contribution is 2.38. The highest BCUT2D eigenvalue weighted by atomic mass is 35.5. The third-order valence-electron chi connectivity index (χ3n) is 6.30. The van der Waals surface area contributed by atoms with E-state index in [1.165, 1.54) is 0 Å². The van der Waals surface area contributed by atoms with E-state index in [1.807, 2.05) is 36.4 Å². The second-order valence-electron chi connectivity index (χ2n) is 8.72. The summed E-state index contributed by atoms with van der Waals surface area (Å²) in [6.07, 6.45) is 11.5. The van der Waals surface area contributed by atoms with E-state index in [2.05, 4.69) is 6.07 Å². The summed E-state index contributed by atoms with van der Waals surface area (Å²) >= 11 is 14.8. The lowest BCUT2D eigenvalue weighted by Gasteiger charge is -2.37. The van der Waals surface area contributed by atoms with Crippen LogP contribution in [0, 0.1) is 11.8 Å². The van der Waals surface area contributed by atoms with Crippen LogP contribution >= 0.6 is 34.5 Å². The van der Waals surface area contributed by atoms with Gasteiger partial charge < -0.3 is 15.3 Å². The lowest BCUT2D eigenvalue weighted by atomic mass is 9.75. The van der Waals surface area contributed by atoms with Crippen LogP contribution in [0.5, 0.6) is 0 Å². The molecule has 180 valence electrons. The maximum absolute atomic E-state index is 10.6. The molecule has 1 aromatic heterocycles. The first-order chi connectivity index (χ1) is 15.9. The predicted octanol–water partition coefficient (Wildman–Crippen LogP) is 6.60. The zero-order valence-electron chi connectivity index (χ0n) is 18.6. The van der Waals surface area contributed by atoms with Gasteiger partial charge in [-0.3, -0.25) is 4.79 Å². The monoisotopic (exact) mass is 510 g/mol. The summed E-state index contributed by atoms with van der Waals surface area (Å²) in [6, 6.07) is 8.04. The number of aliphatic hydroxyl groups is 2. The molecular weight excluding hydrogens is 479 g/mol. The summed E-state index contributed by atoms with van der Waals surface area (Å²) in [7, 11) is 0. The molecule has 1 aliphatic rings. The molecule has 0 spiro atoms. The van der Waals surface area contributed by atoms with Crippen LogP contribution < -0.4 is 0 Å². The molecule has 0 aliphatic heterocycles. The number of thiophene rings is 1. The minimum Gasteiger partial charge on any atom is -0.481 e. The van der Waals surface area contributed by atoms with Gasteiger partial charge in [-0.15, -0.1) is 22.9 Å². The number of aliphatic hydroxyl groups excluding tert-OH is 2. The maximum atomic E-state index is 10.6. The van der Waals surface area contributed by atoms with Gasteiger partial charge in [-0.1, -0.05) is 54.1 Å². The summed E-state index contributed by atoms with van der Waals surface area (Å²) in [4.78, 5) is 11.7. The molecule has 2 aromatic rings. The van der Waals surface area contributed by atoms with E-state index < -0.39 is 18.2 Å². The summed E-state index contributed by atoms with van der Waals surface area (Å²) in [6.45, 7) is 0. The van der Waals surface area contributed by atoms with Crippen LogP contribution in [0.2, 0.25) is 5.02 Å². The molecule has 4 nitrogen and oxygen atoms in total. The third-order valence-corrected chi connectivity index (χ3v) is 8.62. The summed E-state index contributed by atoms with van der Waals surface area (Å²) in [5, 5.41) is 31.7. The second-order valence-corrected chi connectivity index (χ2v) is 10.8. The molecule has 0 bridgehead atoms. The Labute approximate surface area is 209 Å². The van der Waals surface area contributed by atoms with E-state index in [9.17, 15) is 15.0 Å². The lowest BCUT2D eigenvalue weighted by Crippen LogP contribution is -2.37. The molecule has 1 unspecified atom stereocenters. The maximum Gasteiger partial charge on any atom is 0.303 e. The number of aliphatic carboxylic acids is 1. The van der Waals surface area contributed by atoms with Gasteiger partial charge >= 0.3 is 5.97 Å². The van der Waals surface area contributed by atoms with Gasteiger partial charge in [0.15, 0.2) is 0 Å². The molecule has 7 heteroatoms. The average Bonchev–Trinajstić information content (AvgIpc) is 3.11. The van der Waals surface area contributed by atoms with Gasteiger partial charge in [0.05, 0.1) is 17.2 Å². The third kappa shape index (κ3) is 7.56. The second kappa shape index (κ2) is 12.9. The zero-order valence-corrected chi connectivity index (χ0v) is 20.9. The Balaban J connectivity index is 1.55. The first kappa shape index (κ1) is 26.2. The van der Waals surface area contributed by atoms with Gasteiger partial charge in [-0.05, 0) is 56.9 Å². The molecule has 5 atom stereocenters. The van der Waals surface area contributed by atoms with Crippen molar-refractivity contribution < 1.29 is 20.1 Å². The predicted molar refractivity (Wildman–Crippen MR) is 137 cm³/mol. The number of halogens is 2. The van der Waals surface area contributed by atoms with Crippen molar-refractivity contribution in [2.45, 2.75) is 69.0 Å². The largest absolute Gasteiger partial charge is 0.481 e. The van der Waals surface area contributed by atoms with Crippen molar-refractivity contribution in [2.75, 3.05) is 0 Å². The number of carbonyl (C=O) groups is 1. The molecule has 1 fully saturated rings. The Morgan fingerprint density at radius 3 is 2.79 bits per heavy atom. The van der Waals surface area contributed by atoms with Gasteiger partial charge in [0, 0.05) is 32.7 Å². The van der Waals surface area contributed by atoms with Crippen LogP contribution in [0.4, 0.5) is 0 Å². The Morgan fingerprint density at radius 1 is 1.24 bits per heavy atom. The quantitative estimate of drug-likeness (QED) is 0.180. The van der Waals surface area contributed by atoms with Gasteiger partial charge in [-0.2, -0.15) is 0 Å². The number of alkyl halides is 1. The van der Waals surface area contributed by atoms with Crippen molar-refractivity contribution in [3.63, 3.8) is 0 Å². The Morgan fingerprint density at radius 2 is 2.03 bits per heavy atom. The normalized spacial score (nSPS) is 24.7. The van der Waals surface area contributed by atoms with Crippen molar-refractivity contribution in [2.24, 2.45) is 11.8 Å². The van der Waals surface area contributed by atoms with Crippen LogP contribution in [0.1, 0.15) is 49.8 Å². The Kier molecular flexibility index (Phi) is 10.3. The van der Waals surface area contributed by atoms with Crippen LogP contribution in [0.25, 0.3) is 10.1 Å². The van der Waals surface area contributed by atoms with Crippen molar-refractivity contribution in [3.8, 4) is 0 Å². The Bertz CT molecular complexity index is 970. The van der Waals surface area contributed by atoms with E-state index in [0.29, 0.717) is 32.1 Å². The SMILES string of the molecule is O=C(O)CCCC=CC[C@@H]1[C@@H](C=CC(O)CCc2sc3ccccc3c2Cl)[C@H](O)CC[C@H]1Cl. The number of rotatable bonds is 11. The first-order valence-corrected chi connectivity index (χ1v) is 13.2. The number of allylic oxidation sites excluding steroid dienone is 2. The van der Waals surface area contributed by atoms with Gasteiger partial charge in [0.25, 0.3) is 0 Å². The van der Waals surface area contributed by atoms with Crippen LogP contribution in [0.3, 0.4) is 0 Å². The smallest absolute Gasteiger partial charge is 0.303 e. The van der Waals surface area contributed by atoms with Crippen molar-refractivity contribution in [1.82, 2.24) is 0 Å². The number of fused-ring (bicyclic) bond motifs is 1. The molecular formula is C26H32Cl2O4S. The number of unbranched alkanes of at least 4 members (excludes halogenated alkanes) is 1. The van der Waals surface area contributed by atoms with E-state index in [0.717, 1.165) is 32.8 Å².